The van der Waals surface area contributed by atoms with Gasteiger partial charge in [-0.25, -0.2) is 0 Å². The number of carbonyl (C=O) groups excluding carboxylic acids is 3. The van der Waals surface area contributed by atoms with Gasteiger partial charge in [0.25, 0.3) is 11.8 Å². The molecule has 5 rings (SSSR count). The van der Waals surface area contributed by atoms with Gasteiger partial charge in [0.2, 0.25) is 5.91 Å². The van der Waals surface area contributed by atoms with Crippen LogP contribution >= 0.6 is 0 Å². The SMILES string of the molecule is CCc1ccc([C@H](C)NC(=O)c2ccc(CN3C(=O)[C@@H]4CCCN4C(=O)c4ccccc43)cc2)cc1. The first-order valence-electron chi connectivity index (χ1n) is 12.7. The molecule has 1 N–H and O–H groups in total. The Balaban J connectivity index is 1.32. The predicted molar refractivity (Wildman–Crippen MR) is 140 cm³/mol. The molecule has 0 spiro atoms. The standard InChI is InChI=1S/C30H31N3O3/c1-3-21-10-14-23(15-11-21)20(2)31-28(34)24-16-12-22(13-17-24)19-33-26-8-5-4-7-25(26)29(35)32-18-6-9-27(32)30(33)36/h4-5,7-8,10-17,20,27H,3,6,9,18-19H2,1-2H3,(H,31,34)/t20-,27-/m0/s1. The fraction of sp³-hybridized carbons (Fsp3) is 0.300. The Labute approximate surface area is 211 Å². The molecule has 6 heteroatoms. The maximum Gasteiger partial charge on any atom is 0.256 e. The van der Waals surface area contributed by atoms with Crippen molar-refractivity contribution in [2.24, 2.45) is 0 Å². The third-order valence-corrected chi connectivity index (χ3v) is 7.28. The number of hydrogen-bond donors (Lipinski definition) is 1. The van der Waals surface area contributed by atoms with Crippen LogP contribution in [-0.2, 0) is 17.8 Å². The Morgan fingerprint density at radius 1 is 0.972 bits per heavy atom. The zero-order chi connectivity index (χ0) is 25.2. The maximum absolute atomic E-state index is 13.5. The van der Waals surface area contributed by atoms with Crippen molar-refractivity contribution in [1.82, 2.24) is 10.2 Å². The smallest absolute Gasteiger partial charge is 0.256 e. The number of aryl methyl sites for hydroxylation is 1. The van der Waals surface area contributed by atoms with Gasteiger partial charge in [0.05, 0.1) is 23.8 Å². The Kier molecular flexibility index (Phi) is 6.59. The molecule has 2 aliphatic heterocycles. The van der Waals surface area contributed by atoms with Gasteiger partial charge in [-0.1, -0.05) is 55.5 Å². The number of nitrogens with zero attached hydrogens (tertiary/aromatic N) is 2. The van der Waals surface area contributed by atoms with Gasteiger partial charge in [-0.3, -0.25) is 14.4 Å². The summed E-state index contributed by atoms with van der Waals surface area (Å²) >= 11 is 0. The zero-order valence-corrected chi connectivity index (χ0v) is 20.7. The van der Waals surface area contributed by atoms with Crippen molar-refractivity contribution >= 4 is 23.4 Å². The summed E-state index contributed by atoms with van der Waals surface area (Å²) in [7, 11) is 0. The van der Waals surface area contributed by atoms with E-state index in [0.717, 1.165) is 24.0 Å². The second kappa shape index (κ2) is 9.97. The molecule has 0 aromatic heterocycles. The van der Waals surface area contributed by atoms with E-state index in [1.807, 2.05) is 37.3 Å². The number of hydrogen-bond acceptors (Lipinski definition) is 3. The second-order valence-electron chi connectivity index (χ2n) is 9.59. The Morgan fingerprint density at radius 3 is 2.39 bits per heavy atom. The molecule has 0 saturated carbocycles. The summed E-state index contributed by atoms with van der Waals surface area (Å²) in [6.45, 7) is 5.05. The summed E-state index contributed by atoms with van der Waals surface area (Å²) < 4.78 is 0. The number of carbonyl (C=O) groups is 3. The van der Waals surface area contributed by atoms with Crippen LogP contribution in [-0.4, -0.2) is 35.2 Å². The fourth-order valence-corrected chi connectivity index (χ4v) is 5.12. The van der Waals surface area contributed by atoms with Crippen LogP contribution in [0.15, 0.2) is 72.8 Å². The van der Waals surface area contributed by atoms with Gasteiger partial charge in [0.1, 0.15) is 6.04 Å². The van der Waals surface area contributed by atoms with Crippen molar-refractivity contribution in [3.05, 3.63) is 101 Å². The van der Waals surface area contributed by atoms with Crippen molar-refractivity contribution < 1.29 is 14.4 Å². The molecule has 1 saturated heterocycles. The van der Waals surface area contributed by atoms with Crippen molar-refractivity contribution in [3.8, 4) is 0 Å². The van der Waals surface area contributed by atoms with E-state index in [-0.39, 0.29) is 23.8 Å². The first-order valence-corrected chi connectivity index (χ1v) is 12.7. The van der Waals surface area contributed by atoms with Gasteiger partial charge < -0.3 is 15.1 Å². The summed E-state index contributed by atoms with van der Waals surface area (Å²) in [6.07, 6.45) is 2.51. The van der Waals surface area contributed by atoms with Crippen LogP contribution in [0.5, 0.6) is 0 Å². The number of para-hydroxylation sites is 1. The summed E-state index contributed by atoms with van der Waals surface area (Å²) in [5, 5.41) is 3.06. The minimum atomic E-state index is -0.414. The van der Waals surface area contributed by atoms with Crippen LogP contribution in [0.25, 0.3) is 0 Å². The minimum Gasteiger partial charge on any atom is -0.346 e. The highest BCUT2D eigenvalue weighted by Gasteiger charge is 2.41. The zero-order valence-electron chi connectivity index (χ0n) is 20.7. The normalized spacial score (nSPS) is 17.9. The molecule has 0 radical (unpaired) electrons. The Morgan fingerprint density at radius 2 is 1.67 bits per heavy atom. The van der Waals surface area contributed by atoms with Gasteiger partial charge in [-0.05, 0) is 67.1 Å². The number of amides is 3. The largest absolute Gasteiger partial charge is 0.346 e. The maximum atomic E-state index is 13.5. The quantitative estimate of drug-likeness (QED) is 0.545. The number of benzene rings is 3. The molecule has 36 heavy (non-hydrogen) atoms. The van der Waals surface area contributed by atoms with Crippen molar-refractivity contribution in [1.29, 1.82) is 0 Å². The lowest BCUT2D eigenvalue weighted by atomic mass is 10.0. The summed E-state index contributed by atoms with van der Waals surface area (Å²) in [5.74, 6) is -0.262. The van der Waals surface area contributed by atoms with Gasteiger partial charge in [0, 0.05) is 12.1 Å². The molecule has 0 unspecified atom stereocenters. The molecular formula is C30H31N3O3. The molecule has 1 fully saturated rings. The van der Waals surface area contributed by atoms with Crippen molar-refractivity contribution in [3.63, 3.8) is 0 Å². The van der Waals surface area contributed by atoms with Gasteiger partial charge in [-0.15, -0.1) is 0 Å². The Bertz CT molecular complexity index is 1280. The van der Waals surface area contributed by atoms with E-state index in [1.54, 1.807) is 28.0 Å². The van der Waals surface area contributed by atoms with E-state index >= 15 is 0 Å². The molecule has 2 atom stereocenters. The van der Waals surface area contributed by atoms with Crippen LogP contribution in [0, 0.1) is 0 Å². The van der Waals surface area contributed by atoms with Crippen LogP contribution in [0.2, 0.25) is 0 Å². The number of nitrogens with one attached hydrogen (secondary N) is 1. The lowest BCUT2D eigenvalue weighted by Gasteiger charge is -2.26. The third kappa shape index (κ3) is 4.51. The predicted octanol–water partition coefficient (Wildman–Crippen LogP) is 4.89. The average Bonchev–Trinajstić information content (AvgIpc) is 3.39. The van der Waals surface area contributed by atoms with Crippen LogP contribution < -0.4 is 10.2 Å². The van der Waals surface area contributed by atoms with Crippen molar-refractivity contribution in [2.75, 3.05) is 11.4 Å². The van der Waals surface area contributed by atoms with Gasteiger partial charge in [0.15, 0.2) is 0 Å². The summed E-state index contributed by atoms with van der Waals surface area (Å²) in [6, 6.07) is 22.4. The first-order chi connectivity index (χ1) is 17.5. The monoisotopic (exact) mass is 481 g/mol. The molecule has 3 aromatic carbocycles. The van der Waals surface area contributed by atoms with E-state index < -0.39 is 6.04 Å². The Hall–Kier alpha value is -3.93. The second-order valence-corrected chi connectivity index (χ2v) is 9.59. The number of anilines is 1. The highest BCUT2D eigenvalue weighted by atomic mass is 16.2. The third-order valence-electron chi connectivity index (χ3n) is 7.28. The molecule has 0 aliphatic carbocycles. The average molecular weight is 482 g/mol. The summed E-state index contributed by atoms with van der Waals surface area (Å²) in [5.41, 5.74) is 5.00. The lowest BCUT2D eigenvalue weighted by molar-refractivity contribution is -0.122. The molecule has 184 valence electrons. The van der Waals surface area contributed by atoms with E-state index in [9.17, 15) is 14.4 Å². The highest BCUT2D eigenvalue weighted by molar-refractivity contribution is 6.11. The van der Waals surface area contributed by atoms with E-state index in [4.69, 9.17) is 0 Å². The molecular weight excluding hydrogens is 450 g/mol. The molecule has 3 aromatic rings. The van der Waals surface area contributed by atoms with Crippen LogP contribution in [0.1, 0.15) is 70.1 Å². The fourth-order valence-electron chi connectivity index (χ4n) is 5.12. The molecule has 2 heterocycles. The van der Waals surface area contributed by atoms with Gasteiger partial charge >= 0.3 is 0 Å². The van der Waals surface area contributed by atoms with Gasteiger partial charge in [-0.2, -0.15) is 0 Å². The molecule has 0 bridgehead atoms. The molecule has 6 nitrogen and oxygen atoms in total. The number of fused-ring (bicyclic) bond motifs is 2. The van der Waals surface area contributed by atoms with Crippen molar-refractivity contribution in [2.45, 2.75) is 51.7 Å². The molecule has 2 aliphatic rings. The van der Waals surface area contributed by atoms with E-state index in [2.05, 4.69) is 36.5 Å². The highest BCUT2D eigenvalue weighted by Crippen LogP contribution is 2.33. The number of rotatable bonds is 6. The lowest BCUT2D eigenvalue weighted by Crippen LogP contribution is -2.44. The topological polar surface area (TPSA) is 69.7 Å². The summed E-state index contributed by atoms with van der Waals surface area (Å²) in [4.78, 5) is 42.9. The van der Waals surface area contributed by atoms with E-state index in [1.165, 1.54) is 5.56 Å². The van der Waals surface area contributed by atoms with Crippen LogP contribution in [0.4, 0.5) is 5.69 Å². The minimum absolute atomic E-state index is 0.0458. The first kappa shape index (κ1) is 23.8. The van der Waals surface area contributed by atoms with Crippen LogP contribution in [0.3, 0.4) is 0 Å². The van der Waals surface area contributed by atoms with E-state index in [0.29, 0.717) is 36.3 Å². The molecule has 3 amide bonds.